The quantitative estimate of drug-likeness (QED) is 0.630. The normalized spacial score (nSPS) is 10.1. The van der Waals surface area contributed by atoms with E-state index in [1.165, 1.54) is 7.11 Å². The van der Waals surface area contributed by atoms with Crippen molar-refractivity contribution < 1.29 is 19.1 Å². The molecule has 0 saturated carbocycles. The number of nitrogens with one attached hydrogen (secondary N) is 3. The molecule has 2 aromatic carbocycles. The first-order valence-corrected chi connectivity index (χ1v) is 9.29. The van der Waals surface area contributed by atoms with E-state index in [4.69, 9.17) is 9.47 Å². The smallest absolute Gasteiger partial charge is 0.323 e. The van der Waals surface area contributed by atoms with Crippen molar-refractivity contribution >= 4 is 29.0 Å². The molecule has 0 bridgehead atoms. The van der Waals surface area contributed by atoms with Crippen molar-refractivity contribution in [2.45, 2.75) is 13.3 Å². The molecular formula is C21H28N4O4. The van der Waals surface area contributed by atoms with E-state index in [1.54, 1.807) is 43.5 Å². The van der Waals surface area contributed by atoms with E-state index in [0.717, 1.165) is 12.1 Å². The van der Waals surface area contributed by atoms with E-state index in [0.29, 0.717) is 35.0 Å². The number of anilines is 3. The predicted octanol–water partition coefficient (Wildman–Crippen LogP) is 3.55. The Kier molecular flexibility index (Phi) is 7.70. The average molecular weight is 400 g/mol. The topological polar surface area (TPSA) is 91.9 Å². The molecular weight excluding hydrogens is 372 g/mol. The molecule has 156 valence electrons. The fourth-order valence-corrected chi connectivity index (χ4v) is 2.71. The van der Waals surface area contributed by atoms with Crippen LogP contribution in [0.1, 0.15) is 23.7 Å². The van der Waals surface area contributed by atoms with Crippen molar-refractivity contribution in [1.82, 2.24) is 5.32 Å². The number of benzene rings is 2. The lowest BCUT2D eigenvalue weighted by Crippen LogP contribution is -2.27. The Bertz CT molecular complexity index is 868. The molecule has 3 amide bonds. The first-order chi connectivity index (χ1) is 13.9. The third-order valence-corrected chi connectivity index (χ3v) is 4.17. The van der Waals surface area contributed by atoms with Crippen molar-refractivity contribution in [1.29, 1.82) is 0 Å². The summed E-state index contributed by atoms with van der Waals surface area (Å²) in [6.45, 7) is 2.57. The van der Waals surface area contributed by atoms with Crippen molar-refractivity contribution in [2.24, 2.45) is 0 Å². The van der Waals surface area contributed by atoms with Gasteiger partial charge < -0.3 is 30.3 Å². The lowest BCUT2D eigenvalue weighted by atomic mass is 10.1. The highest BCUT2D eigenvalue weighted by atomic mass is 16.5. The van der Waals surface area contributed by atoms with Gasteiger partial charge in [-0.2, -0.15) is 0 Å². The minimum absolute atomic E-state index is 0.184. The maximum absolute atomic E-state index is 12.5. The zero-order chi connectivity index (χ0) is 21.4. The second-order valence-electron chi connectivity index (χ2n) is 6.53. The number of nitrogens with zero attached hydrogens (tertiary/aromatic N) is 1. The minimum Gasteiger partial charge on any atom is -0.497 e. The van der Waals surface area contributed by atoms with Crippen molar-refractivity contribution in [3.05, 3.63) is 42.0 Å². The van der Waals surface area contributed by atoms with Gasteiger partial charge in [0.25, 0.3) is 5.91 Å². The molecule has 0 aliphatic rings. The summed E-state index contributed by atoms with van der Waals surface area (Å²) < 4.78 is 10.4. The molecule has 2 rings (SSSR count). The zero-order valence-corrected chi connectivity index (χ0v) is 17.5. The summed E-state index contributed by atoms with van der Waals surface area (Å²) in [5, 5.41) is 8.36. The summed E-state index contributed by atoms with van der Waals surface area (Å²) in [5.74, 6) is 0.910. The Morgan fingerprint density at radius 3 is 2.38 bits per heavy atom. The second kappa shape index (κ2) is 10.2. The third-order valence-electron chi connectivity index (χ3n) is 4.17. The number of rotatable bonds is 8. The third kappa shape index (κ3) is 5.78. The van der Waals surface area contributed by atoms with Crippen LogP contribution in [-0.2, 0) is 0 Å². The van der Waals surface area contributed by atoms with E-state index in [2.05, 4.69) is 16.0 Å². The maximum Gasteiger partial charge on any atom is 0.323 e. The molecule has 0 heterocycles. The van der Waals surface area contributed by atoms with Gasteiger partial charge in [0, 0.05) is 38.1 Å². The van der Waals surface area contributed by atoms with Gasteiger partial charge in [0.2, 0.25) is 0 Å². The van der Waals surface area contributed by atoms with Crippen LogP contribution in [-0.4, -0.2) is 46.8 Å². The molecule has 3 N–H and O–H groups in total. The van der Waals surface area contributed by atoms with Gasteiger partial charge in [-0.15, -0.1) is 0 Å². The van der Waals surface area contributed by atoms with Crippen LogP contribution in [0.2, 0.25) is 0 Å². The van der Waals surface area contributed by atoms with Crippen molar-refractivity contribution in [3.63, 3.8) is 0 Å². The van der Waals surface area contributed by atoms with Crippen LogP contribution in [0.15, 0.2) is 36.4 Å². The van der Waals surface area contributed by atoms with Crippen molar-refractivity contribution in [2.75, 3.05) is 50.4 Å². The average Bonchev–Trinajstić information content (AvgIpc) is 2.71. The van der Waals surface area contributed by atoms with E-state index in [9.17, 15) is 9.59 Å². The van der Waals surface area contributed by atoms with E-state index in [1.807, 2.05) is 25.9 Å². The highest BCUT2D eigenvalue weighted by Crippen LogP contribution is 2.29. The molecule has 29 heavy (non-hydrogen) atoms. The standard InChI is InChI=1S/C21H28N4O4/c1-6-11-22-20(26)16-12-14(7-10-18(16)25(2)3)23-21(27)24-17-9-8-15(28-4)13-19(17)29-5/h7-10,12-13H,6,11H2,1-5H3,(H,22,26)(H2,23,24,27). The Morgan fingerprint density at radius 1 is 1.00 bits per heavy atom. The van der Waals surface area contributed by atoms with Crippen LogP contribution in [0.5, 0.6) is 11.5 Å². The molecule has 2 aromatic rings. The van der Waals surface area contributed by atoms with Gasteiger partial charge in [-0.1, -0.05) is 6.92 Å². The summed E-state index contributed by atoms with van der Waals surface area (Å²) >= 11 is 0. The van der Waals surface area contributed by atoms with Gasteiger partial charge in [0.05, 0.1) is 25.5 Å². The summed E-state index contributed by atoms with van der Waals surface area (Å²) in [6, 6.07) is 9.84. The van der Waals surface area contributed by atoms with Crippen LogP contribution in [0, 0.1) is 0 Å². The summed E-state index contributed by atoms with van der Waals surface area (Å²) in [5.41, 5.74) is 2.25. The molecule has 0 radical (unpaired) electrons. The molecule has 0 fully saturated rings. The SMILES string of the molecule is CCCNC(=O)c1cc(NC(=O)Nc2ccc(OC)cc2OC)ccc1N(C)C. The number of carbonyl (C=O) groups is 2. The number of hydrogen-bond acceptors (Lipinski definition) is 5. The van der Waals surface area contributed by atoms with E-state index < -0.39 is 6.03 Å². The molecule has 8 heteroatoms. The second-order valence-corrected chi connectivity index (χ2v) is 6.53. The number of hydrogen-bond donors (Lipinski definition) is 3. The van der Waals surface area contributed by atoms with Gasteiger partial charge >= 0.3 is 6.03 Å². The highest BCUT2D eigenvalue weighted by Gasteiger charge is 2.15. The van der Waals surface area contributed by atoms with Crippen molar-refractivity contribution in [3.8, 4) is 11.5 Å². The number of amides is 3. The lowest BCUT2D eigenvalue weighted by Gasteiger charge is -2.19. The number of ether oxygens (including phenoxy) is 2. The monoisotopic (exact) mass is 400 g/mol. The summed E-state index contributed by atoms with van der Waals surface area (Å²) in [6.07, 6.45) is 0.840. The van der Waals surface area contributed by atoms with Crippen LogP contribution < -0.4 is 30.3 Å². The summed E-state index contributed by atoms with van der Waals surface area (Å²) in [7, 11) is 6.79. The van der Waals surface area contributed by atoms with Gasteiger partial charge in [0.15, 0.2) is 0 Å². The predicted molar refractivity (Wildman–Crippen MR) is 116 cm³/mol. The Labute approximate surface area is 171 Å². The number of methoxy groups -OCH3 is 2. The van der Waals surface area contributed by atoms with E-state index >= 15 is 0 Å². The van der Waals surface area contributed by atoms with Crippen LogP contribution in [0.3, 0.4) is 0 Å². The first-order valence-electron chi connectivity index (χ1n) is 9.29. The summed E-state index contributed by atoms with van der Waals surface area (Å²) in [4.78, 5) is 26.8. The molecule has 0 atom stereocenters. The van der Waals surface area contributed by atoms with Gasteiger partial charge in [0.1, 0.15) is 11.5 Å². The van der Waals surface area contributed by atoms with Crippen LogP contribution in [0.4, 0.5) is 21.9 Å². The van der Waals surface area contributed by atoms with Gasteiger partial charge in [-0.05, 0) is 36.8 Å². The Hall–Kier alpha value is -3.42. The minimum atomic E-state index is -0.453. The molecule has 0 saturated heterocycles. The number of urea groups is 1. The van der Waals surface area contributed by atoms with Crippen LogP contribution >= 0.6 is 0 Å². The molecule has 0 aliphatic heterocycles. The Balaban J connectivity index is 2.19. The fourth-order valence-electron chi connectivity index (χ4n) is 2.71. The molecule has 0 spiro atoms. The molecule has 0 aliphatic carbocycles. The fraction of sp³-hybridized carbons (Fsp3) is 0.333. The van der Waals surface area contributed by atoms with E-state index in [-0.39, 0.29) is 5.91 Å². The molecule has 0 aromatic heterocycles. The van der Waals surface area contributed by atoms with Crippen LogP contribution in [0.25, 0.3) is 0 Å². The highest BCUT2D eigenvalue weighted by molar-refractivity contribution is 6.04. The Morgan fingerprint density at radius 2 is 1.76 bits per heavy atom. The van der Waals surface area contributed by atoms with Gasteiger partial charge in [-0.25, -0.2) is 4.79 Å². The zero-order valence-electron chi connectivity index (χ0n) is 17.5. The maximum atomic E-state index is 12.5. The largest absolute Gasteiger partial charge is 0.497 e. The van der Waals surface area contributed by atoms with Gasteiger partial charge in [-0.3, -0.25) is 4.79 Å². The molecule has 8 nitrogen and oxygen atoms in total. The first kappa shape index (κ1) is 21.9. The number of carbonyl (C=O) groups excluding carboxylic acids is 2. The molecule has 0 unspecified atom stereocenters. The lowest BCUT2D eigenvalue weighted by molar-refractivity contribution is 0.0954.